The number of H-pyrrole nitrogens is 1. The second kappa shape index (κ2) is 50.9. The van der Waals surface area contributed by atoms with Gasteiger partial charge in [0.15, 0.2) is 33.1 Å². The number of carbonyl (C=O) groups excluding carboxylic acids is 8. The average Bonchev–Trinajstić information content (AvgIpc) is 1.33. The number of ketones is 4. The molecule has 1 radical (unpaired) electrons. The number of aromatic carboxylic acids is 1. The summed E-state index contributed by atoms with van der Waals surface area (Å²) in [6.45, 7) is 24.3. The molecule has 7 N–H and O–H groups in total. The van der Waals surface area contributed by atoms with Gasteiger partial charge >= 0.3 is 44.7 Å². The van der Waals surface area contributed by atoms with Crippen molar-refractivity contribution in [3.8, 4) is 28.0 Å². The van der Waals surface area contributed by atoms with Gasteiger partial charge in [-0.25, -0.2) is 46.3 Å². The number of thiazole rings is 2. The van der Waals surface area contributed by atoms with Crippen molar-refractivity contribution in [3.05, 3.63) is 370 Å². The predicted molar refractivity (Wildman–Crippen MR) is 570 cm³/mol. The third-order valence-corrected chi connectivity index (χ3v) is 27.7. The molecule has 0 bridgehead atoms. The molecule has 4 fully saturated rings. The molecular formula is C113H109BF5ILiN10O16S2. The van der Waals surface area contributed by atoms with Gasteiger partial charge in [-0.3, -0.25) is 47.7 Å². The van der Waals surface area contributed by atoms with Crippen LogP contribution in [0.5, 0.6) is 5.75 Å². The van der Waals surface area contributed by atoms with Crippen molar-refractivity contribution in [1.29, 1.82) is 0 Å². The maximum Gasteiger partial charge on any atom is 1.00 e. The van der Waals surface area contributed by atoms with Crippen LogP contribution in [0.4, 0.5) is 31.5 Å². The Labute approximate surface area is 892 Å². The van der Waals surface area contributed by atoms with Crippen LogP contribution in [0.2, 0.25) is 0 Å². The first-order chi connectivity index (χ1) is 69.9. The number of nitrogens with one attached hydrogen (secondary N) is 2. The number of nitrogens with zero attached hydrogens (tertiary/aromatic N) is 8. The number of carboxylic acid groups (broad SMARTS) is 1. The molecule has 6 aliphatic rings. The smallest absolute Gasteiger partial charge is 0.870 e. The molecule has 21 rings (SSSR count). The monoisotopic (exact) mass is 2170 g/mol. The molecule has 10 aromatic carbocycles. The number of carboxylic acids is 1. The van der Waals surface area contributed by atoms with E-state index in [0.717, 1.165) is 175 Å². The number of amides is 2. The number of fused-ring (bicyclic) bond motifs is 5. The molecule has 3 saturated heterocycles. The van der Waals surface area contributed by atoms with Gasteiger partial charge in [-0.2, -0.15) is 0 Å². The molecule has 5 aromatic heterocycles. The molecule has 1 saturated carbocycles. The first-order valence-electron chi connectivity index (χ1n) is 47.4. The zero-order chi connectivity index (χ0) is 104. The Morgan fingerprint density at radius 2 is 0.846 bits per heavy atom. The Morgan fingerprint density at radius 3 is 1.27 bits per heavy atom. The average molecular weight is 2170 g/mol. The van der Waals surface area contributed by atoms with Crippen molar-refractivity contribution in [2.75, 3.05) is 65.4 Å². The van der Waals surface area contributed by atoms with Crippen LogP contribution in [0.15, 0.2) is 266 Å². The number of aromatic nitrogens is 5. The molecule has 0 atom stereocenters. The maximum atomic E-state index is 13.3. The summed E-state index contributed by atoms with van der Waals surface area (Å²) in [6.07, 6.45) is 15.1. The van der Waals surface area contributed by atoms with Crippen LogP contribution in [0.1, 0.15) is 180 Å². The Kier molecular flexibility index (Phi) is 38.9. The fraction of sp³-hybridized carbons (Fsp3) is 0.248. The number of ether oxygens (including phenoxy) is 2. The van der Waals surface area contributed by atoms with Gasteiger partial charge in [0.05, 0.1) is 16.6 Å². The number of piperazine rings is 2. The molecular weight excluding hydrogens is 2060 g/mol. The molecule has 8 heterocycles. The Hall–Kier alpha value is -13.8. The molecule has 2 amide bonds. The zero-order valence-electron chi connectivity index (χ0n) is 83.5. The van der Waals surface area contributed by atoms with E-state index in [4.69, 9.17) is 19.6 Å². The third kappa shape index (κ3) is 28.8. The minimum atomic E-state index is -0.918. The topological polar surface area (TPSA) is 360 Å². The third-order valence-electron chi connectivity index (χ3n) is 25.4. The van der Waals surface area contributed by atoms with Crippen LogP contribution in [-0.4, -0.2) is 214 Å². The predicted octanol–water partition coefficient (Wildman–Crippen LogP) is 18.6. The summed E-state index contributed by atoms with van der Waals surface area (Å²) in [4.78, 5) is 128. The summed E-state index contributed by atoms with van der Waals surface area (Å²) in [7, 11) is 0.549. The molecule has 3 aliphatic carbocycles. The summed E-state index contributed by atoms with van der Waals surface area (Å²) in [5.41, 5.74) is 15.7. The summed E-state index contributed by atoms with van der Waals surface area (Å²) >= 11 is 4.97. The van der Waals surface area contributed by atoms with Crippen molar-refractivity contribution >= 4 is 150 Å². The van der Waals surface area contributed by atoms with Crippen LogP contribution < -0.4 is 28.8 Å². The fourth-order valence-corrected chi connectivity index (χ4v) is 19.5. The molecule has 765 valence electrons. The van der Waals surface area contributed by atoms with Gasteiger partial charge in [0, 0.05) is 184 Å². The number of halogens is 6. The molecule has 15 aromatic rings. The van der Waals surface area contributed by atoms with Crippen LogP contribution >= 0.6 is 45.3 Å². The standard InChI is InChI=1S/C27H25FN4O2S.C21H20FNO3.C17H13FO.C16H11FO2.C15H16INO3.C11H16N4OS.C6H5BFO2.Li.2H2O/c28-20-4-1-17(2-5-20)23-16-30-24-15-18(3-6-22(23)24)25(33)19-13-21(14-19)31-8-10-32(11-9-31)27(34)26-29-7-12-35-26;1-13(24)15-7-10-17-18(14-5-8-16(22)9-6-14)12-23(19(17)11-15)20(25)26-21(2,3)4;1-11(19)13-4-8-17-14(10-13)5-9-16(17)12-2-6-15(18)7-3-12;17-13-5-1-10(2-6-13)14-7-3-11-9-12(16(18)19)4-8-15(11)14;1-9(18)10-5-6-11-12(16)8-17(13(11)7-10)14(19)20-15(2,3)4;16-11(10-13-1-6-17-10)15-4-2-14(3-5-15)9-7-12-8-9;8-5-1-3-6(4-2-5)10-7-9;;;/h1-7,12,15-16,19,21,30H,8-11,13-14H2;5-12H,1-4H3;2-4,6-10H,5H2,1H3;1-2,4-9H,3H2,(H,18,19);5-8H,1-4H3;1,6,9,12H,2-5,7-8H2;1-4,9H;;2*1H2/q;;;;;;;+1;;/p-1. The van der Waals surface area contributed by atoms with Crippen LogP contribution in [-0.2, 0) is 22.3 Å². The minimum absolute atomic E-state index is 0. The van der Waals surface area contributed by atoms with Gasteiger partial charge in [0.2, 0.25) is 0 Å². The van der Waals surface area contributed by atoms with E-state index in [-0.39, 0.29) is 99.8 Å². The maximum absolute atomic E-state index is 13.3. The summed E-state index contributed by atoms with van der Waals surface area (Å²) in [5.74, 6) is -1.61. The molecule has 0 spiro atoms. The SMILES string of the molecule is CC(=O)c1ccc2c(-c3ccc(F)cc3)cn(C(=O)OC(C)(C)C)c2c1.CC(=O)c1ccc2c(I)cn(C(=O)OC(C)(C)C)c2c1.CC(=O)c1ccc2c(c1)CC=C2c1ccc(F)cc1.O.O=C(O)c1ccc2c(c1)CC=C2c1ccc(F)cc1.O=C(c1ccc2c(-c3ccc(F)cc3)c[nH]c2c1)C1CC(N2CCN(C(=O)c3nccs3)CC2)C1.O=C(c1nccs1)N1CCN(C2CNC2)CC1.O[B]Oc1ccc(F)cc1.[Li+].[OH-]. The van der Waals surface area contributed by atoms with E-state index >= 15 is 0 Å². The van der Waals surface area contributed by atoms with Crippen molar-refractivity contribution in [3.63, 3.8) is 0 Å². The summed E-state index contributed by atoms with van der Waals surface area (Å²) < 4.78 is 83.8. The molecule has 36 heteroatoms. The number of rotatable bonds is 16. The minimum Gasteiger partial charge on any atom is -0.870 e. The second-order valence-electron chi connectivity index (χ2n) is 37.5. The number of hydrogen-bond acceptors (Lipinski definition) is 21. The first kappa shape index (κ1) is 114. The molecule has 26 nitrogen and oxygen atoms in total. The Morgan fingerprint density at radius 1 is 0.456 bits per heavy atom. The molecule has 3 aliphatic heterocycles. The normalized spacial score (nSPS) is 14.9. The number of hydrogen-bond donors (Lipinski definition) is 4. The number of aromatic amines is 1. The number of benzene rings is 10. The number of carbonyl (C=O) groups is 9. The van der Waals surface area contributed by atoms with E-state index in [1.807, 2.05) is 102 Å². The van der Waals surface area contributed by atoms with Gasteiger partial charge in [-0.15, -0.1) is 22.7 Å². The molecule has 0 unspecified atom stereocenters. The van der Waals surface area contributed by atoms with E-state index in [9.17, 15) is 65.1 Å². The fourth-order valence-electron chi connectivity index (χ4n) is 17.6. The van der Waals surface area contributed by atoms with Gasteiger partial charge in [-0.05, 0) is 275 Å². The van der Waals surface area contributed by atoms with E-state index < -0.39 is 29.4 Å². The zero-order valence-corrected chi connectivity index (χ0v) is 87.3. The van der Waals surface area contributed by atoms with Crippen molar-refractivity contribution in [1.82, 2.24) is 49.0 Å². The number of allylic oxidation sites excluding steroid dienone is 2. The summed E-state index contributed by atoms with van der Waals surface area (Å²) in [6, 6.07) is 59.0. The van der Waals surface area contributed by atoms with E-state index in [1.54, 1.807) is 143 Å². The van der Waals surface area contributed by atoms with Crippen molar-refractivity contribution < 1.29 is 119 Å². The van der Waals surface area contributed by atoms with E-state index in [1.165, 1.54) is 118 Å². The van der Waals surface area contributed by atoms with E-state index in [0.29, 0.717) is 82.8 Å². The largest absolute Gasteiger partial charge is 1.00 e. The van der Waals surface area contributed by atoms with Gasteiger partial charge < -0.3 is 55.3 Å². The Bertz CT molecular complexity index is 7260. The van der Waals surface area contributed by atoms with Crippen molar-refractivity contribution in [2.45, 2.75) is 111 Å². The first-order valence-corrected chi connectivity index (χ1v) is 50.2. The quantitative estimate of drug-likeness (QED) is 0.0302. The van der Waals surface area contributed by atoms with E-state index in [2.05, 4.69) is 63.4 Å². The second-order valence-corrected chi connectivity index (χ2v) is 40.5. The van der Waals surface area contributed by atoms with Gasteiger partial charge in [0.1, 0.15) is 46.0 Å². The van der Waals surface area contributed by atoms with Gasteiger partial charge in [-0.1, -0.05) is 115 Å². The van der Waals surface area contributed by atoms with Crippen molar-refractivity contribution in [2.24, 2.45) is 5.92 Å². The Balaban J connectivity index is 0.000000158. The van der Waals surface area contributed by atoms with Crippen LogP contribution in [0, 0.1) is 38.6 Å². The molecule has 149 heavy (non-hydrogen) atoms. The van der Waals surface area contributed by atoms with Crippen LogP contribution in [0.25, 0.3) is 66.1 Å². The van der Waals surface area contributed by atoms with Crippen LogP contribution in [0.3, 0.4) is 0 Å². The van der Waals surface area contributed by atoms with Gasteiger partial charge in [0.25, 0.3) is 11.8 Å². The summed E-state index contributed by atoms with van der Waals surface area (Å²) in [5, 5.41) is 28.0. The number of Topliss-reactive ketones (excluding diaryl/α,β-unsaturated/α-hetero) is 4.